The van der Waals surface area contributed by atoms with Crippen LogP contribution in [0.25, 0.3) is 0 Å². The summed E-state index contributed by atoms with van der Waals surface area (Å²) in [4.78, 5) is 19.9. The predicted molar refractivity (Wildman–Crippen MR) is 145 cm³/mol. The second kappa shape index (κ2) is 11.6. The number of hydrogen-bond acceptors (Lipinski definition) is 5. The van der Waals surface area contributed by atoms with Gasteiger partial charge in [-0.25, -0.2) is 8.42 Å². The summed E-state index contributed by atoms with van der Waals surface area (Å²) in [6.07, 6.45) is 0. The van der Waals surface area contributed by atoms with E-state index < -0.39 is 10.0 Å². The maximum Gasteiger partial charge on any atom is 0.253 e. The Balaban J connectivity index is 1.17. The number of nitrogens with zero attached hydrogens (tertiary/aromatic N) is 4. The van der Waals surface area contributed by atoms with Crippen LogP contribution in [0.3, 0.4) is 0 Å². The lowest BCUT2D eigenvalue weighted by molar-refractivity contribution is 0.0628. The molecular formula is C29H34N4O3S. The van der Waals surface area contributed by atoms with Crippen molar-refractivity contribution in [2.45, 2.75) is 18.0 Å². The fourth-order valence-electron chi connectivity index (χ4n) is 5.04. The molecule has 37 heavy (non-hydrogen) atoms. The molecule has 7 nitrogen and oxygen atoms in total. The van der Waals surface area contributed by atoms with E-state index in [1.807, 2.05) is 41.3 Å². The van der Waals surface area contributed by atoms with Crippen molar-refractivity contribution in [2.75, 3.05) is 52.4 Å². The lowest BCUT2D eigenvalue weighted by Gasteiger charge is -2.35. The highest BCUT2D eigenvalue weighted by Crippen LogP contribution is 2.21. The Hall–Kier alpha value is -3.04. The first kappa shape index (κ1) is 25.6. The van der Waals surface area contributed by atoms with Gasteiger partial charge in [0.2, 0.25) is 10.0 Å². The number of sulfonamides is 1. The molecule has 3 aromatic rings. The summed E-state index contributed by atoms with van der Waals surface area (Å²) >= 11 is 0. The summed E-state index contributed by atoms with van der Waals surface area (Å²) in [6, 6.07) is 27.1. The van der Waals surface area contributed by atoms with Crippen LogP contribution in [-0.4, -0.2) is 85.7 Å². The summed E-state index contributed by atoms with van der Waals surface area (Å²) in [5.74, 6) is -0.107. The average Bonchev–Trinajstić information content (AvgIpc) is 2.95. The van der Waals surface area contributed by atoms with Crippen LogP contribution < -0.4 is 0 Å². The fourth-order valence-corrected chi connectivity index (χ4v) is 6.51. The first-order valence-electron chi connectivity index (χ1n) is 12.9. The molecule has 2 aliphatic heterocycles. The number of hydrogen-bond donors (Lipinski definition) is 0. The van der Waals surface area contributed by atoms with E-state index in [-0.39, 0.29) is 10.8 Å². The quantitative estimate of drug-likeness (QED) is 0.481. The highest BCUT2D eigenvalue weighted by molar-refractivity contribution is 7.89. The van der Waals surface area contributed by atoms with Gasteiger partial charge < -0.3 is 4.90 Å². The van der Waals surface area contributed by atoms with Crippen molar-refractivity contribution in [1.29, 1.82) is 0 Å². The Morgan fingerprint density at radius 1 is 0.622 bits per heavy atom. The Kier molecular flexibility index (Phi) is 8.00. The molecule has 194 valence electrons. The number of carbonyl (C=O) groups excluding carboxylic acids is 1. The zero-order valence-electron chi connectivity index (χ0n) is 21.1. The summed E-state index contributed by atoms with van der Waals surface area (Å²) in [5.41, 5.74) is 2.92. The lowest BCUT2D eigenvalue weighted by Crippen LogP contribution is -2.48. The average molecular weight is 519 g/mol. The molecule has 5 rings (SSSR count). The third-order valence-corrected chi connectivity index (χ3v) is 9.10. The summed E-state index contributed by atoms with van der Waals surface area (Å²) in [6.45, 7) is 6.79. The van der Waals surface area contributed by atoms with E-state index in [1.54, 1.807) is 28.6 Å². The molecule has 1 amide bonds. The molecule has 2 aliphatic rings. The smallest absolute Gasteiger partial charge is 0.253 e. The topological polar surface area (TPSA) is 64.2 Å². The summed E-state index contributed by atoms with van der Waals surface area (Å²) in [5, 5.41) is 0. The summed E-state index contributed by atoms with van der Waals surface area (Å²) < 4.78 is 28.3. The van der Waals surface area contributed by atoms with Crippen molar-refractivity contribution in [3.8, 4) is 0 Å². The van der Waals surface area contributed by atoms with Gasteiger partial charge in [-0.1, -0.05) is 66.7 Å². The van der Waals surface area contributed by atoms with Crippen molar-refractivity contribution in [3.63, 3.8) is 0 Å². The van der Waals surface area contributed by atoms with Gasteiger partial charge in [0, 0.05) is 71.0 Å². The number of rotatable bonds is 7. The van der Waals surface area contributed by atoms with Gasteiger partial charge in [-0.15, -0.1) is 0 Å². The third kappa shape index (κ3) is 6.27. The minimum absolute atomic E-state index is 0.107. The molecule has 0 radical (unpaired) electrons. The molecule has 0 unspecified atom stereocenters. The van der Waals surface area contributed by atoms with Gasteiger partial charge in [0.1, 0.15) is 0 Å². The van der Waals surface area contributed by atoms with Gasteiger partial charge >= 0.3 is 0 Å². The predicted octanol–water partition coefficient (Wildman–Crippen LogP) is 3.15. The van der Waals surface area contributed by atoms with Crippen molar-refractivity contribution in [1.82, 2.24) is 19.0 Å². The van der Waals surface area contributed by atoms with Crippen molar-refractivity contribution >= 4 is 15.9 Å². The van der Waals surface area contributed by atoms with E-state index in [0.29, 0.717) is 44.8 Å². The van der Waals surface area contributed by atoms with E-state index in [9.17, 15) is 13.2 Å². The van der Waals surface area contributed by atoms with Crippen LogP contribution in [0.4, 0.5) is 0 Å². The maximum absolute atomic E-state index is 13.4. The van der Waals surface area contributed by atoms with Crippen LogP contribution in [0, 0.1) is 0 Å². The van der Waals surface area contributed by atoms with E-state index in [0.717, 1.165) is 26.2 Å². The minimum Gasteiger partial charge on any atom is -0.336 e. The lowest BCUT2D eigenvalue weighted by atomic mass is 10.1. The fraction of sp³-hybridized carbons (Fsp3) is 0.345. The second-order valence-electron chi connectivity index (χ2n) is 9.75. The number of piperazine rings is 2. The van der Waals surface area contributed by atoms with Crippen LogP contribution >= 0.6 is 0 Å². The standard InChI is InChI=1S/C29H34N4O3S/c34-29(32-18-14-30(15-19-32)23-25-8-3-1-4-9-25)27-12-7-13-28(22-27)37(35,36)33-20-16-31(17-21-33)24-26-10-5-2-6-11-26/h1-13,22H,14-21,23-24H2. The van der Waals surface area contributed by atoms with Crippen molar-refractivity contribution in [3.05, 3.63) is 102 Å². The van der Waals surface area contributed by atoms with Gasteiger partial charge in [0.15, 0.2) is 0 Å². The molecule has 0 bridgehead atoms. The first-order chi connectivity index (χ1) is 18.0. The van der Waals surface area contributed by atoms with Crippen LogP contribution in [0.15, 0.2) is 89.8 Å². The van der Waals surface area contributed by atoms with E-state index in [2.05, 4.69) is 34.1 Å². The second-order valence-corrected chi connectivity index (χ2v) is 11.7. The molecule has 2 heterocycles. The van der Waals surface area contributed by atoms with E-state index in [4.69, 9.17) is 0 Å². The molecule has 0 atom stereocenters. The largest absolute Gasteiger partial charge is 0.336 e. The molecule has 2 saturated heterocycles. The minimum atomic E-state index is -3.66. The van der Waals surface area contributed by atoms with Crippen LogP contribution in [0.5, 0.6) is 0 Å². The van der Waals surface area contributed by atoms with Gasteiger partial charge in [-0.3, -0.25) is 14.6 Å². The Bertz CT molecular complexity index is 1280. The van der Waals surface area contributed by atoms with Gasteiger partial charge in [0.25, 0.3) is 5.91 Å². The SMILES string of the molecule is O=C(c1cccc(S(=O)(=O)N2CCN(Cc3ccccc3)CC2)c1)N1CCN(Cc2ccccc2)CC1. The molecule has 8 heteroatoms. The molecule has 2 fully saturated rings. The zero-order valence-corrected chi connectivity index (χ0v) is 21.9. The molecule has 0 N–H and O–H groups in total. The molecule has 0 aliphatic carbocycles. The number of amides is 1. The van der Waals surface area contributed by atoms with E-state index in [1.165, 1.54) is 11.1 Å². The Morgan fingerprint density at radius 2 is 1.14 bits per heavy atom. The molecule has 0 spiro atoms. The highest BCUT2D eigenvalue weighted by Gasteiger charge is 2.30. The molecular weight excluding hydrogens is 484 g/mol. The van der Waals surface area contributed by atoms with Crippen LogP contribution in [0.2, 0.25) is 0 Å². The number of benzene rings is 3. The monoisotopic (exact) mass is 518 g/mol. The van der Waals surface area contributed by atoms with E-state index >= 15 is 0 Å². The van der Waals surface area contributed by atoms with Crippen molar-refractivity contribution in [2.24, 2.45) is 0 Å². The van der Waals surface area contributed by atoms with Gasteiger partial charge in [-0.05, 0) is 29.3 Å². The normalized spacial score (nSPS) is 18.1. The van der Waals surface area contributed by atoms with Gasteiger partial charge in [-0.2, -0.15) is 4.31 Å². The van der Waals surface area contributed by atoms with Gasteiger partial charge in [0.05, 0.1) is 4.90 Å². The molecule has 0 saturated carbocycles. The van der Waals surface area contributed by atoms with Crippen molar-refractivity contribution < 1.29 is 13.2 Å². The van der Waals surface area contributed by atoms with Crippen LogP contribution in [-0.2, 0) is 23.1 Å². The van der Waals surface area contributed by atoms with Crippen LogP contribution in [0.1, 0.15) is 21.5 Å². The number of carbonyl (C=O) groups is 1. The maximum atomic E-state index is 13.4. The highest BCUT2D eigenvalue weighted by atomic mass is 32.2. The Labute approximate surface area is 220 Å². The summed E-state index contributed by atoms with van der Waals surface area (Å²) in [7, 11) is -3.66. The Morgan fingerprint density at radius 3 is 1.68 bits per heavy atom. The molecule has 3 aromatic carbocycles. The molecule has 0 aromatic heterocycles. The first-order valence-corrected chi connectivity index (χ1v) is 14.3. The third-order valence-electron chi connectivity index (χ3n) is 7.21. The zero-order chi connectivity index (χ0) is 25.7.